The number of hydrogen-bond donors (Lipinski definition) is 0. The molecule has 3 aromatic carbocycles. The van der Waals surface area contributed by atoms with Crippen LogP contribution in [0.3, 0.4) is 0 Å². The summed E-state index contributed by atoms with van der Waals surface area (Å²) in [5.74, 6) is -0.466. The van der Waals surface area contributed by atoms with Gasteiger partial charge in [0.2, 0.25) is 0 Å². The number of benzene rings is 3. The van der Waals surface area contributed by atoms with Crippen molar-refractivity contribution in [2.75, 3.05) is 0 Å². The van der Waals surface area contributed by atoms with Crippen LogP contribution < -0.4 is 0 Å². The largest absolute Gasteiger partial charge is 0.339 e. The van der Waals surface area contributed by atoms with Gasteiger partial charge in [0.1, 0.15) is 5.82 Å². The summed E-state index contributed by atoms with van der Waals surface area (Å²) >= 11 is 0. The molecule has 4 nitrogen and oxygen atoms in total. The monoisotopic (exact) mass is 709 g/mol. The van der Waals surface area contributed by atoms with Crippen LogP contribution in [0.15, 0.2) is 97.3 Å². The number of hydrogen-bond acceptors (Lipinski definition) is 3. The van der Waals surface area contributed by atoms with Gasteiger partial charge in [-0.1, -0.05) is 42.5 Å². The first-order valence-corrected chi connectivity index (χ1v) is 12.1. The van der Waals surface area contributed by atoms with E-state index in [4.69, 9.17) is 16.4 Å². The van der Waals surface area contributed by atoms with Gasteiger partial charge in [-0.2, -0.15) is 0 Å². The molecule has 0 spiro atoms. The van der Waals surface area contributed by atoms with E-state index in [1.54, 1.807) is 66.7 Å². The molecule has 7 rings (SSSR count). The zero-order valence-corrected chi connectivity index (χ0v) is 23.3. The maximum absolute atomic E-state index is 8.40. The molecule has 0 saturated carbocycles. The smallest absolute Gasteiger partial charge is 0.102 e. The standard InChI is InChI=1S/C23H18N3.C12H10N.Ir/c1-14-19(17-9-5-4-6-10-17)13-24-22-18-11-7-8-12-20(18)26-16(3)25-15(2)23(26)21(14)22;1-10-7-8-12(13-9-10)11-5-3-2-4-6-11;/h4-10,12-13H,1-3H3;2-5,7-9H,1H3;/q2*-1;/i1D3,2D3,3D3;1D3;. The van der Waals surface area contributed by atoms with Gasteiger partial charge in [-0.05, 0) is 66.2 Å². The number of nitrogens with zero attached hydrogens (tertiary/aromatic N) is 4. The second kappa shape index (κ2) is 11.5. The van der Waals surface area contributed by atoms with Gasteiger partial charge in [0.25, 0.3) is 0 Å². The van der Waals surface area contributed by atoms with E-state index >= 15 is 0 Å². The minimum atomic E-state index is -2.82. The number of fused-ring (bicyclic) bond motifs is 6. The number of aromatic nitrogens is 4. The normalized spacial score (nSPS) is 16.5. The maximum atomic E-state index is 8.40. The van der Waals surface area contributed by atoms with E-state index in [0.29, 0.717) is 22.0 Å². The van der Waals surface area contributed by atoms with Crippen molar-refractivity contribution in [3.05, 3.63) is 132 Å². The molecular weight excluding hydrogens is 669 g/mol. The Labute approximate surface area is 265 Å². The summed E-state index contributed by atoms with van der Waals surface area (Å²) in [6.45, 7) is -10.4. The van der Waals surface area contributed by atoms with Crippen LogP contribution >= 0.6 is 0 Å². The first kappa shape index (κ1) is 16.2. The Balaban J connectivity index is 0.000000258. The first-order chi connectivity index (χ1) is 23.9. The van der Waals surface area contributed by atoms with Crippen molar-refractivity contribution in [3.8, 4) is 22.4 Å². The Hall–Kier alpha value is -4.18. The molecule has 0 atom stereocenters. The Morgan fingerprint density at radius 3 is 2.38 bits per heavy atom. The minimum absolute atomic E-state index is 0. The van der Waals surface area contributed by atoms with Gasteiger partial charge in [-0.15, -0.1) is 65.5 Å². The van der Waals surface area contributed by atoms with Crippen LogP contribution in [-0.2, 0) is 20.1 Å². The predicted octanol–water partition coefficient (Wildman–Crippen LogP) is 8.28. The van der Waals surface area contributed by atoms with Crippen LogP contribution in [0.4, 0.5) is 0 Å². The van der Waals surface area contributed by atoms with E-state index in [2.05, 4.69) is 27.1 Å². The summed E-state index contributed by atoms with van der Waals surface area (Å²) in [5, 5.41) is 0.385. The molecule has 4 aromatic heterocycles. The molecule has 0 aliphatic rings. The molecule has 0 bridgehead atoms. The van der Waals surface area contributed by atoms with Gasteiger partial charge in [-0.25, -0.2) is 4.98 Å². The molecule has 0 aliphatic carbocycles. The minimum Gasteiger partial charge on any atom is -0.339 e. The molecule has 199 valence electrons. The average molecular weight is 709 g/mol. The number of pyridine rings is 3. The Morgan fingerprint density at radius 1 is 0.775 bits per heavy atom. The molecule has 0 unspecified atom stereocenters. The molecule has 5 heteroatoms. The first-order valence-electron chi connectivity index (χ1n) is 18.1. The van der Waals surface area contributed by atoms with Gasteiger partial charge >= 0.3 is 0 Å². The van der Waals surface area contributed by atoms with Crippen LogP contribution in [0.5, 0.6) is 0 Å². The fourth-order valence-corrected chi connectivity index (χ4v) is 4.56. The second-order valence-corrected chi connectivity index (χ2v) is 8.74. The third-order valence-electron chi connectivity index (χ3n) is 6.34. The predicted molar refractivity (Wildman–Crippen MR) is 160 cm³/mol. The van der Waals surface area contributed by atoms with Crippen LogP contribution in [0.2, 0.25) is 0 Å². The van der Waals surface area contributed by atoms with Gasteiger partial charge < -0.3 is 14.4 Å². The van der Waals surface area contributed by atoms with Gasteiger partial charge in [0.05, 0.1) is 11.2 Å². The van der Waals surface area contributed by atoms with Gasteiger partial charge in [-0.3, -0.25) is 0 Å². The zero-order chi connectivity index (χ0) is 36.9. The molecule has 40 heavy (non-hydrogen) atoms. The van der Waals surface area contributed by atoms with Gasteiger partial charge in [0, 0.05) is 54.5 Å². The summed E-state index contributed by atoms with van der Waals surface area (Å²) in [7, 11) is 0. The molecule has 1 radical (unpaired) electrons. The topological polar surface area (TPSA) is 43.1 Å². The Morgan fingerprint density at radius 2 is 1.65 bits per heavy atom. The maximum Gasteiger partial charge on any atom is 0.102 e. The van der Waals surface area contributed by atoms with Crippen LogP contribution in [0, 0.1) is 39.5 Å². The summed E-state index contributed by atoms with van der Waals surface area (Å²) in [6.07, 6.45) is 2.84. The van der Waals surface area contributed by atoms with E-state index in [9.17, 15) is 0 Å². The van der Waals surface area contributed by atoms with Crippen molar-refractivity contribution in [1.29, 1.82) is 0 Å². The molecule has 0 fully saturated rings. The summed E-state index contributed by atoms with van der Waals surface area (Å²) in [5.41, 5.74) is 2.53. The van der Waals surface area contributed by atoms with Gasteiger partial charge in [0.15, 0.2) is 0 Å². The van der Waals surface area contributed by atoms with Crippen molar-refractivity contribution < 1.29 is 36.6 Å². The van der Waals surface area contributed by atoms with Crippen LogP contribution in [-0.4, -0.2) is 19.4 Å². The molecule has 0 saturated heterocycles. The fourth-order valence-electron chi connectivity index (χ4n) is 4.56. The van der Waals surface area contributed by atoms with E-state index in [0.717, 1.165) is 11.3 Å². The van der Waals surface area contributed by atoms with Crippen molar-refractivity contribution in [3.63, 3.8) is 0 Å². The fraction of sp³-hybridized carbons (Fsp3) is 0.114. The molecular formula is C35H28IrN4-2. The number of aryl methyl sites for hydroxylation is 4. The number of rotatable bonds is 2. The Kier molecular flexibility index (Phi) is 4.65. The van der Waals surface area contributed by atoms with E-state index in [1.165, 1.54) is 16.8 Å². The summed E-state index contributed by atoms with van der Waals surface area (Å²) < 4.78 is 96.6. The van der Waals surface area contributed by atoms with Crippen molar-refractivity contribution >= 4 is 27.3 Å². The third kappa shape index (κ3) is 4.95. The number of imidazole rings is 1. The van der Waals surface area contributed by atoms with Crippen molar-refractivity contribution in [2.45, 2.75) is 27.4 Å². The van der Waals surface area contributed by atoms with E-state index < -0.39 is 38.9 Å². The summed E-state index contributed by atoms with van der Waals surface area (Å²) in [4.78, 5) is 12.8. The van der Waals surface area contributed by atoms with E-state index in [1.807, 2.05) is 18.2 Å². The van der Waals surface area contributed by atoms with E-state index in [-0.39, 0.29) is 47.7 Å². The quantitative estimate of drug-likeness (QED) is 0.134. The molecule has 0 N–H and O–H groups in total. The third-order valence-corrected chi connectivity index (χ3v) is 6.34. The van der Waals surface area contributed by atoms with Crippen LogP contribution in [0.1, 0.15) is 39.1 Å². The summed E-state index contributed by atoms with van der Waals surface area (Å²) in [6, 6.07) is 30.4. The second-order valence-electron chi connectivity index (χ2n) is 8.74. The molecule has 7 aromatic rings. The molecule has 0 aliphatic heterocycles. The zero-order valence-electron chi connectivity index (χ0n) is 32.9. The molecule has 4 heterocycles. The van der Waals surface area contributed by atoms with Crippen LogP contribution in [0.25, 0.3) is 49.7 Å². The Bertz CT molecular complexity index is 2350. The van der Waals surface area contributed by atoms with Crippen molar-refractivity contribution in [1.82, 2.24) is 19.4 Å². The SMILES string of the molecule is [2H]C([2H])([2H])c1c(-c2ccccc2)cnc2c3[c-]cccc3n3c(C([2H])([2H])[2H])nc(C([2H])([2H])[2H])c3c12.[2H]C([2H])([2H])c1ccc(-c2[c-]cccc2)nc1.[Ir]. The molecule has 0 amide bonds. The van der Waals surface area contributed by atoms with Crippen molar-refractivity contribution in [2.24, 2.45) is 0 Å². The average Bonchev–Trinajstić information content (AvgIpc) is 3.51.